The molecule has 0 radical (unpaired) electrons. The van der Waals surface area contributed by atoms with Crippen LogP contribution in [0.25, 0.3) is 5.69 Å². The molecule has 0 saturated heterocycles. The van der Waals surface area contributed by atoms with Crippen molar-refractivity contribution < 1.29 is 8.78 Å². The third-order valence-electron chi connectivity index (χ3n) is 2.05. The first-order valence-corrected chi connectivity index (χ1v) is 4.84. The van der Waals surface area contributed by atoms with Gasteiger partial charge >= 0.3 is 5.69 Å². The van der Waals surface area contributed by atoms with Gasteiger partial charge in [0.2, 0.25) is 0 Å². The highest BCUT2D eigenvalue weighted by molar-refractivity contribution is 6.29. The van der Waals surface area contributed by atoms with Gasteiger partial charge in [-0.05, 0) is 12.1 Å². The number of benzene rings is 1. The van der Waals surface area contributed by atoms with Crippen LogP contribution >= 0.6 is 11.6 Å². The molecule has 0 spiro atoms. The minimum atomic E-state index is -0.938. The van der Waals surface area contributed by atoms with Crippen LogP contribution in [0, 0.1) is 11.6 Å². The molecule has 2 aromatic rings. The lowest BCUT2D eigenvalue weighted by molar-refractivity contribution is 0.588. The number of hydrogen-bond acceptors (Lipinski definition) is 2. The summed E-state index contributed by atoms with van der Waals surface area (Å²) in [5, 5.41) is -0.173. The van der Waals surface area contributed by atoms with Gasteiger partial charge in [0.05, 0.1) is 5.69 Å². The minimum absolute atomic E-state index is 0.173. The van der Waals surface area contributed by atoms with E-state index in [0.717, 1.165) is 24.3 Å². The number of nitrogens with zero attached hydrogens (tertiary/aromatic N) is 1. The topological polar surface area (TPSA) is 54.9 Å². The molecule has 0 unspecified atom stereocenters. The van der Waals surface area contributed by atoms with Crippen LogP contribution in [0.15, 0.2) is 33.9 Å². The molecule has 2 rings (SSSR count). The second-order valence-corrected chi connectivity index (χ2v) is 3.60. The maximum atomic E-state index is 13.4. The van der Waals surface area contributed by atoms with Gasteiger partial charge in [0.25, 0.3) is 5.56 Å². The van der Waals surface area contributed by atoms with Crippen LogP contribution in [0.1, 0.15) is 0 Å². The molecule has 0 aliphatic heterocycles. The highest BCUT2D eigenvalue weighted by Crippen LogP contribution is 2.11. The van der Waals surface area contributed by atoms with Crippen molar-refractivity contribution in [2.24, 2.45) is 0 Å². The maximum Gasteiger partial charge on any atom is 0.334 e. The van der Waals surface area contributed by atoms with Crippen LogP contribution in [0.4, 0.5) is 8.78 Å². The summed E-state index contributed by atoms with van der Waals surface area (Å²) in [6.45, 7) is 0. The Hall–Kier alpha value is -1.95. The van der Waals surface area contributed by atoms with E-state index in [0.29, 0.717) is 4.57 Å². The molecule has 0 aliphatic carbocycles. The molecule has 0 bridgehead atoms. The molecule has 1 aromatic heterocycles. The van der Waals surface area contributed by atoms with Crippen molar-refractivity contribution in [3.8, 4) is 5.69 Å². The Bertz CT molecular complexity index is 662. The maximum absolute atomic E-state index is 13.4. The lowest BCUT2D eigenvalue weighted by Crippen LogP contribution is -2.33. The zero-order valence-electron chi connectivity index (χ0n) is 8.21. The number of hydrogen-bond donors (Lipinski definition) is 1. The van der Waals surface area contributed by atoms with E-state index in [1.54, 1.807) is 0 Å². The standard InChI is InChI=1S/C10H5ClF2N2O2/c11-8-4-9(16)15(10(17)14-8)7-3-5(12)1-2-6(7)13/h1-4H,(H,14,17). The van der Waals surface area contributed by atoms with E-state index in [-0.39, 0.29) is 5.15 Å². The smallest absolute Gasteiger partial charge is 0.297 e. The summed E-state index contributed by atoms with van der Waals surface area (Å²) in [6.07, 6.45) is 0. The molecule has 1 N–H and O–H groups in total. The lowest BCUT2D eigenvalue weighted by atomic mass is 10.3. The third-order valence-corrected chi connectivity index (χ3v) is 2.25. The van der Waals surface area contributed by atoms with Crippen LogP contribution in [0.3, 0.4) is 0 Å². The van der Waals surface area contributed by atoms with E-state index < -0.39 is 28.6 Å². The molecule has 1 heterocycles. The van der Waals surface area contributed by atoms with Gasteiger partial charge in [0.1, 0.15) is 16.8 Å². The van der Waals surface area contributed by atoms with E-state index in [9.17, 15) is 18.4 Å². The third kappa shape index (κ3) is 2.12. The molecular weight excluding hydrogens is 254 g/mol. The van der Waals surface area contributed by atoms with E-state index in [1.165, 1.54) is 0 Å². The number of halogens is 3. The highest BCUT2D eigenvalue weighted by atomic mass is 35.5. The van der Waals surface area contributed by atoms with Crippen LogP contribution in [0.5, 0.6) is 0 Å². The molecule has 0 atom stereocenters. The summed E-state index contributed by atoms with van der Waals surface area (Å²) in [4.78, 5) is 25.1. The zero-order valence-corrected chi connectivity index (χ0v) is 8.96. The molecule has 0 fully saturated rings. The number of rotatable bonds is 1. The van der Waals surface area contributed by atoms with Gasteiger partial charge in [-0.15, -0.1) is 0 Å². The summed E-state index contributed by atoms with van der Waals surface area (Å²) in [5.74, 6) is -1.65. The number of aromatic amines is 1. The number of nitrogens with one attached hydrogen (secondary N) is 1. The molecular formula is C10H5ClF2N2O2. The molecule has 4 nitrogen and oxygen atoms in total. The van der Waals surface area contributed by atoms with Gasteiger partial charge in [-0.2, -0.15) is 0 Å². The van der Waals surface area contributed by atoms with E-state index in [2.05, 4.69) is 4.98 Å². The minimum Gasteiger partial charge on any atom is -0.297 e. The normalized spacial score (nSPS) is 10.5. The van der Waals surface area contributed by atoms with Gasteiger partial charge in [0.15, 0.2) is 0 Å². The fourth-order valence-corrected chi connectivity index (χ4v) is 1.53. The Morgan fingerprint density at radius 2 is 1.88 bits per heavy atom. The predicted molar refractivity (Wildman–Crippen MR) is 57.6 cm³/mol. The van der Waals surface area contributed by atoms with Crippen LogP contribution < -0.4 is 11.2 Å². The summed E-state index contributed by atoms with van der Waals surface area (Å²) in [6, 6.07) is 3.35. The van der Waals surface area contributed by atoms with Crippen molar-refractivity contribution >= 4 is 11.6 Å². The summed E-state index contributed by atoms with van der Waals surface area (Å²) in [7, 11) is 0. The van der Waals surface area contributed by atoms with Crippen molar-refractivity contribution in [1.82, 2.24) is 9.55 Å². The van der Waals surface area contributed by atoms with Crippen molar-refractivity contribution in [3.05, 3.63) is 61.9 Å². The van der Waals surface area contributed by atoms with Crippen molar-refractivity contribution in [2.45, 2.75) is 0 Å². The second-order valence-electron chi connectivity index (χ2n) is 3.19. The summed E-state index contributed by atoms with van der Waals surface area (Å²) in [5.41, 5.74) is -2.25. The van der Waals surface area contributed by atoms with Gasteiger partial charge < -0.3 is 0 Å². The first-order valence-electron chi connectivity index (χ1n) is 4.46. The first-order chi connectivity index (χ1) is 7.99. The molecule has 0 amide bonds. The van der Waals surface area contributed by atoms with E-state index >= 15 is 0 Å². The second kappa shape index (κ2) is 4.14. The zero-order chi connectivity index (χ0) is 12.6. The van der Waals surface area contributed by atoms with Crippen LogP contribution in [-0.4, -0.2) is 9.55 Å². The SMILES string of the molecule is O=c1cc(Cl)[nH]c(=O)n1-c1cc(F)ccc1F. The molecule has 0 saturated carbocycles. The van der Waals surface area contributed by atoms with Crippen molar-refractivity contribution in [3.63, 3.8) is 0 Å². The number of H-pyrrole nitrogens is 1. The Morgan fingerprint density at radius 3 is 2.53 bits per heavy atom. The Morgan fingerprint density at radius 1 is 1.18 bits per heavy atom. The van der Waals surface area contributed by atoms with Gasteiger partial charge in [-0.25, -0.2) is 18.1 Å². The van der Waals surface area contributed by atoms with E-state index in [4.69, 9.17) is 11.6 Å². The molecule has 7 heteroatoms. The quantitative estimate of drug-likeness (QED) is 0.788. The predicted octanol–water partition coefficient (Wildman–Crippen LogP) is 1.46. The van der Waals surface area contributed by atoms with Gasteiger partial charge in [-0.1, -0.05) is 11.6 Å². The van der Waals surface area contributed by atoms with Crippen LogP contribution in [0.2, 0.25) is 5.15 Å². The Kier molecular flexibility index (Phi) is 2.81. The highest BCUT2D eigenvalue weighted by Gasteiger charge is 2.11. The average Bonchev–Trinajstić information content (AvgIpc) is 2.21. The molecule has 88 valence electrons. The van der Waals surface area contributed by atoms with Crippen LogP contribution in [-0.2, 0) is 0 Å². The van der Waals surface area contributed by atoms with Gasteiger partial charge in [0, 0.05) is 12.1 Å². The first kappa shape index (κ1) is 11.5. The summed E-state index contributed by atoms with van der Waals surface area (Å²) >= 11 is 5.44. The molecule has 1 aromatic carbocycles. The van der Waals surface area contributed by atoms with Gasteiger partial charge in [-0.3, -0.25) is 9.78 Å². The van der Waals surface area contributed by atoms with Crippen molar-refractivity contribution in [1.29, 1.82) is 0 Å². The largest absolute Gasteiger partial charge is 0.334 e. The average molecular weight is 259 g/mol. The molecule has 17 heavy (non-hydrogen) atoms. The Balaban J connectivity index is 2.82. The van der Waals surface area contributed by atoms with E-state index in [1.807, 2.05) is 0 Å². The number of aromatic nitrogens is 2. The Labute approximate surface area is 98.1 Å². The molecule has 0 aliphatic rings. The fourth-order valence-electron chi connectivity index (χ4n) is 1.35. The van der Waals surface area contributed by atoms with Crippen molar-refractivity contribution in [2.75, 3.05) is 0 Å². The fraction of sp³-hybridized carbons (Fsp3) is 0. The summed E-state index contributed by atoms with van der Waals surface area (Å²) < 4.78 is 26.8. The lowest BCUT2D eigenvalue weighted by Gasteiger charge is -2.05. The monoisotopic (exact) mass is 258 g/mol.